The number of ether oxygens (including phenoxy) is 2. The van der Waals surface area contributed by atoms with E-state index < -0.39 is 6.04 Å². The van der Waals surface area contributed by atoms with Gasteiger partial charge in [0.05, 0.1) is 14.2 Å². The Kier molecular flexibility index (Phi) is 8.88. The molecule has 202 valence electrons. The van der Waals surface area contributed by atoms with E-state index in [1.165, 1.54) is 28.9 Å². The number of nitrogens with zero attached hydrogens (tertiary/aromatic N) is 5. The van der Waals surface area contributed by atoms with Crippen LogP contribution in [0.4, 0.5) is 4.39 Å². The summed E-state index contributed by atoms with van der Waals surface area (Å²) in [6.07, 6.45) is 4.47. The fourth-order valence-corrected chi connectivity index (χ4v) is 4.69. The molecule has 11 heteroatoms. The van der Waals surface area contributed by atoms with Gasteiger partial charge in [0.2, 0.25) is 17.6 Å². The first-order chi connectivity index (χ1) is 18.4. The van der Waals surface area contributed by atoms with Crippen molar-refractivity contribution in [2.45, 2.75) is 64.2 Å². The van der Waals surface area contributed by atoms with Crippen molar-refractivity contribution in [1.29, 1.82) is 0 Å². The van der Waals surface area contributed by atoms with Crippen molar-refractivity contribution in [3.63, 3.8) is 0 Å². The van der Waals surface area contributed by atoms with E-state index in [0.717, 1.165) is 25.7 Å². The molecule has 1 N–H and O–H groups in total. The molecule has 1 aliphatic rings. The van der Waals surface area contributed by atoms with E-state index in [-0.39, 0.29) is 36.8 Å². The van der Waals surface area contributed by atoms with E-state index in [0.29, 0.717) is 34.9 Å². The van der Waals surface area contributed by atoms with Crippen molar-refractivity contribution in [2.75, 3.05) is 14.2 Å². The molecule has 3 aromatic rings. The van der Waals surface area contributed by atoms with Gasteiger partial charge in [0.15, 0.2) is 11.5 Å². The van der Waals surface area contributed by atoms with Gasteiger partial charge in [-0.25, -0.2) is 4.39 Å². The number of benzene rings is 2. The summed E-state index contributed by atoms with van der Waals surface area (Å²) < 4.78 is 24.1. The molecule has 4 rings (SSSR count). The number of hydrogen-bond acceptors (Lipinski definition) is 7. The van der Waals surface area contributed by atoms with Gasteiger partial charge in [0.1, 0.15) is 18.4 Å². The van der Waals surface area contributed by atoms with Gasteiger partial charge in [0.25, 0.3) is 0 Å². The zero-order valence-electron chi connectivity index (χ0n) is 21.9. The Morgan fingerprint density at radius 2 is 1.82 bits per heavy atom. The number of hydrogen-bond donors (Lipinski definition) is 1. The molecule has 2 amide bonds. The number of carbonyl (C=O) groups excluding carboxylic acids is 2. The number of tetrazole rings is 1. The van der Waals surface area contributed by atoms with Crippen LogP contribution in [0.5, 0.6) is 11.5 Å². The highest BCUT2D eigenvalue weighted by atomic mass is 19.1. The molecule has 1 unspecified atom stereocenters. The SMILES string of the molecule is CCC(C(=O)NC1CCCC1)N(Cc1ccc(F)cc1)C(=O)Cn1nnc(-c2ccc(OC)c(OC)c2)n1. The van der Waals surface area contributed by atoms with Crippen LogP contribution in [0.2, 0.25) is 0 Å². The third-order valence-electron chi connectivity index (χ3n) is 6.72. The molecule has 1 saturated carbocycles. The summed E-state index contributed by atoms with van der Waals surface area (Å²) in [6, 6.07) is 10.6. The monoisotopic (exact) mass is 524 g/mol. The van der Waals surface area contributed by atoms with E-state index in [2.05, 4.69) is 20.7 Å². The molecular formula is C27H33FN6O4. The van der Waals surface area contributed by atoms with Crippen LogP contribution in [-0.4, -0.2) is 63.2 Å². The molecule has 1 aliphatic carbocycles. The smallest absolute Gasteiger partial charge is 0.247 e. The Morgan fingerprint density at radius 1 is 1.11 bits per heavy atom. The number of nitrogens with one attached hydrogen (secondary N) is 1. The van der Waals surface area contributed by atoms with Crippen LogP contribution in [0.3, 0.4) is 0 Å². The molecule has 1 aromatic heterocycles. The maximum Gasteiger partial charge on any atom is 0.247 e. The number of rotatable bonds is 11. The average Bonchev–Trinajstić information content (AvgIpc) is 3.61. The molecule has 1 heterocycles. The van der Waals surface area contributed by atoms with Crippen molar-refractivity contribution in [1.82, 2.24) is 30.4 Å². The summed E-state index contributed by atoms with van der Waals surface area (Å²) in [5.41, 5.74) is 1.36. The lowest BCUT2D eigenvalue weighted by Crippen LogP contribution is -2.51. The second-order valence-corrected chi connectivity index (χ2v) is 9.28. The van der Waals surface area contributed by atoms with Crippen molar-refractivity contribution < 1.29 is 23.5 Å². The summed E-state index contributed by atoms with van der Waals surface area (Å²) >= 11 is 0. The van der Waals surface area contributed by atoms with Crippen molar-refractivity contribution in [3.05, 3.63) is 53.8 Å². The molecule has 10 nitrogen and oxygen atoms in total. The first-order valence-corrected chi connectivity index (χ1v) is 12.8. The molecule has 1 atom stereocenters. The van der Waals surface area contributed by atoms with Crippen LogP contribution < -0.4 is 14.8 Å². The molecular weight excluding hydrogens is 491 g/mol. The molecule has 0 radical (unpaired) electrons. The summed E-state index contributed by atoms with van der Waals surface area (Å²) in [7, 11) is 3.08. The van der Waals surface area contributed by atoms with Gasteiger partial charge in [-0.3, -0.25) is 9.59 Å². The average molecular weight is 525 g/mol. The Hall–Kier alpha value is -4.02. The third-order valence-corrected chi connectivity index (χ3v) is 6.72. The van der Waals surface area contributed by atoms with Crippen LogP contribution in [0, 0.1) is 5.82 Å². The van der Waals surface area contributed by atoms with Gasteiger partial charge in [-0.15, -0.1) is 10.2 Å². The maximum atomic E-state index is 13.6. The summed E-state index contributed by atoms with van der Waals surface area (Å²) in [6.45, 7) is 1.80. The maximum absolute atomic E-state index is 13.6. The van der Waals surface area contributed by atoms with Gasteiger partial charge in [0, 0.05) is 18.2 Å². The first kappa shape index (κ1) is 27.0. The lowest BCUT2D eigenvalue weighted by atomic mass is 10.1. The highest BCUT2D eigenvalue weighted by molar-refractivity contribution is 5.87. The Labute approximate surface area is 221 Å². The van der Waals surface area contributed by atoms with Crippen molar-refractivity contribution >= 4 is 11.8 Å². The lowest BCUT2D eigenvalue weighted by molar-refractivity contribution is -0.142. The second kappa shape index (κ2) is 12.5. The van der Waals surface area contributed by atoms with E-state index in [1.807, 2.05) is 6.92 Å². The number of halogens is 1. The topological polar surface area (TPSA) is 111 Å². The minimum Gasteiger partial charge on any atom is -0.493 e. The molecule has 0 saturated heterocycles. The minimum atomic E-state index is -0.693. The summed E-state index contributed by atoms with van der Waals surface area (Å²) in [4.78, 5) is 29.5. The number of amides is 2. The summed E-state index contributed by atoms with van der Waals surface area (Å²) in [5, 5.41) is 15.6. The van der Waals surface area contributed by atoms with Crippen LogP contribution in [0.25, 0.3) is 11.4 Å². The predicted molar refractivity (Wildman–Crippen MR) is 138 cm³/mol. The molecule has 1 fully saturated rings. The number of aromatic nitrogens is 4. The standard InChI is InChI=1S/C27H33FN6O4/c1-4-22(27(36)29-21-7-5-6-8-21)33(16-18-9-12-20(28)13-10-18)25(35)17-34-31-26(30-32-34)19-11-14-23(37-2)24(15-19)38-3/h9-15,21-22H,4-8,16-17H2,1-3H3,(H,29,36). The second-order valence-electron chi connectivity index (χ2n) is 9.28. The molecule has 0 spiro atoms. The Morgan fingerprint density at radius 3 is 2.47 bits per heavy atom. The largest absolute Gasteiger partial charge is 0.493 e. The van der Waals surface area contributed by atoms with Gasteiger partial charge in [-0.05, 0) is 60.4 Å². The normalized spacial score (nSPS) is 14.2. The van der Waals surface area contributed by atoms with Crippen LogP contribution in [0.15, 0.2) is 42.5 Å². The van der Waals surface area contributed by atoms with E-state index in [1.54, 1.807) is 37.4 Å². The van der Waals surface area contributed by atoms with Crippen LogP contribution >= 0.6 is 0 Å². The van der Waals surface area contributed by atoms with E-state index in [9.17, 15) is 14.0 Å². The zero-order chi connectivity index (χ0) is 27.1. The molecule has 0 bridgehead atoms. The molecule has 38 heavy (non-hydrogen) atoms. The van der Waals surface area contributed by atoms with E-state index >= 15 is 0 Å². The predicted octanol–water partition coefficient (Wildman–Crippen LogP) is 3.36. The molecule has 0 aliphatic heterocycles. The van der Waals surface area contributed by atoms with Crippen molar-refractivity contribution in [3.8, 4) is 22.9 Å². The van der Waals surface area contributed by atoms with Crippen molar-refractivity contribution in [2.24, 2.45) is 0 Å². The highest BCUT2D eigenvalue weighted by Crippen LogP contribution is 2.30. The van der Waals surface area contributed by atoms with Crippen LogP contribution in [-0.2, 0) is 22.7 Å². The van der Waals surface area contributed by atoms with Gasteiger partial charge in [-0.2, -0.15) is 4.80 Å². The van der Waals surface area contributed by atoms with E-state index in [4.69, 9.17) is 9.47 Å². The highest BCUT2D eigenvalue weighted by Gasteiger charge is 2.31. The Bertz CT molecular complexity index is 1240. The first-order valence-electron chi connectivity index (χ1n) is 12.8. The Balaban J connectivity index is 1.54. The minimum absolute atomic E-state index is 0.125. The lowest BCUT2D eigenvalue weighted by Gasteiger charge is -2.31. The molecule has 2 aromatic carbocycles. The zero-order valence-corrected chi connectivity index (χ0v) is 21.9. The van der Waals surface area contributed by atoms with Crippen LogP contribution in [0.1, 0.15) is 44.6 Å². The summed E-state index contributed by atoms with van der Waals surface area (Å²) in [5.74, 6) is 0.493. The number of carbonyl (C=O) groups is 2. The quantitative estimate of drug-likeness (QED) is 0.409. The third kappa shape index (κ3) is 6.45. The van der Waals surface area contributed by atoms with Gasteiger partial charge >= 0.3 is 0 Å². The number of methoxy groups -OCH3 is 2. The fraction of sp³-hybridized carbons (Fsp3) is 0.444. The fourth-order valence-electron chi connectivity index (χ4n) is 4.69. The van der Waals surface area contributed by atoms with Gasteiger partial charge in [-0.1, -0.05) is 31.9 Å². The van der Waals surface area contributed by atoms with Gasteiger partial charge < -0.3 is 19.7 Å².